The van der Waals surface area contributed by atoms with E-state index in [1.807, 2.05) is 43.5 Å². The van der Waals surface area contributed by atoms with Gasteiger partial charge in [-0.25, -0.2) is 9.97 Å². The Balaban J connectivity index is 2.06. The van der Waals surface area contributed by atoms with E-state index < -0.39 is 0 Å². The number of fused-ring (bicyclic) bond motifs is 1. The average molecular weight is 250 g/mol. The molecule has 3 rings (SSSR count). The number of hydrogen-bond donors (Lipinski definition) is 0. The smallest absolute Gasteiger partial charge is 0.159 e. The average Bonchev–Trinajstić information content (AvgIpc) is 2.47. The Kier molecular flexibility index (Phi) is 2.88. The topological polar surface area (TPSA) is 35.0 Å². The van der Waals surface area contributed by atoms with Crippen molar-refractivity contribution in [3.05, 3.63) is 54.2 Å². The van der Waals surface area contributed by atoms with E-state index in [0.717, 1.165) is 33.6 Å². The first-order chi connectivity index (χ1) is 9.26. The third kappa shape index (κ3) is 2.27. The second-order valence-corrected chi connectivity index (χ2v) is 4.48. The molecule has 3 aromatic rings. The fourth-order valence-electron chi connectivity index (χ4n) is 2.04. The summed E-state index contributed by atoms with van der Waals surface area (Å²) in [7, 11) is 1.66. The molecule has 0 bridgehead atoms. The zero-order valence-electron chi connectivity index (χ0n) is 10.9. The third-order valence-corrected chi connectivity index (χ3v) is 3.06. The number of aryl methyl sites for hydroxylation is 1. The fourth-order valence-corrected chi connectivity index (χ4v) is 2.04. The zero-order valence-corrected chi connectivity index (χ0v) is 10.9. The monoisotopic (exact) mass is 250 g/mol. The third-order valence-electron chi connectivity index (χ3n) is 3.06. The molecule has 3 heteroatoms. The van der Waals surface area contributed by atoms with Gasteiger partial charge in [-0.3, -0.25) is 0 Å². The molecule has 0 saturated carbocycles. The number of nitrogens with zero attached hydrogens (tertiary/aromatic N) is 2. The summed E-state index contributed by atoms with van der Waals surface area (Å²) in [5, 5.41) is 1.07. The summed E-state index contributed by atoms with van der Waals surface area (Å²) in [5.41, 5.74) is 3.90. The Hall–Kier alpha value is -2.42. The highest BCUT2D eigenvalue weighted by Crippen LogP contribution is 2.22. The Morgan fingerprint density at radius 1 is 1.00 bits per heavy atom. The van der Waals surface area contributed by atoms with E-state index in [1.54, 1.807) is 7.11 Å². The van der Waals surface area contributed by atoms with Crippen LogP contribution in [0.2, 0.25) is 0 Å². The van der Waals surface area contributed by atoms with Crippen LogP contribution in [-0.4, -0.2) is 17.1 Å². The summed E-state index contributed by atoms with van der Waals surface area (Å²) < 4.78 is 5.16. The van der Waals surface area contributed by atoms with Gasteiger partial charge in [-0.05, 0) is 55.0 Å². The Morgan fingerprint density at radius 2 is 1.79 bits per heavy atom. The number of methoxy groups -OCH3 is 1. The first-order valence-corrected chi connectivity index (χ1v) is 6.14. The summed E-state index contributed by atoms with van der Waals surface area (Å²) in [5.74, 6) is 0.846. The molecule has 3 nitrogen and oxygen atoms in total. The molecular formula is C16H14N2O. The summed E-state index contributed by atoms with van der Waals surface area (Å²) in [6.07, 6.45) is 1.84. The minimum atomic E-state index is 0.777. The van der Waals surface area contributed by atoms with Crippen molar-refractivity contribution in [2.24, 2.45) is 0 Å². The van der Waals surface area contributed by atoms with Crippen molar-refractivity contribution in [1.29, 1.82) is 0 Å². The molecule has 0 aliphatic heterocycles. The van der Waals surface area contributed by atoms with E-state index in [4.69, 9.17) is 4.74 Å². The molecule has 0 amide bonds. The SMILES string of the molecule is COc1ccc(-c2ccc3cc(C)cnc3n2)cc1. The Labute approximate surface area is 111 Å². The molecular weight excluding hydrogens is 236 g/mol. The maximum Gasteiger partial charge on any atom is 0.159 e. The molecule has 0 saturated heterocycles. The molecule has 1 aromatic carbocycles. The Bertz CT molecular complexity index is 720. The van der Waals surface area contributed by atoms with Crippen molar-refractivity contribution in [3.63, 3.8) is 0 Å². The van der Waals surface area contributed by atoms with Crippen LogP contribution >= 0.6 is 0 Å². The lowest BCUT2D eigenvalue weighted by Crippen LogP contribution is -1.89. The molecule has 0 aliphatic carbocycles. The molecule has 0 atom stereocenters. The van der Waals surface area contributed by atoms with Crippen LogP contribution in [0.4, 0.5) is 0 Å². The molecule has 0 spiro atoms. The Morgan fingerprint density at radius 3 is 2.53 bits per heavy atom. The predicted octanol–water partition coefficient (Wildman–Crippen LogP) is 3.61. The molecule has 19 heavy (non-hydrogen) atoms. The van der Waals surface area contributed by atoms with Crippen molar-refractivity contribution in [3.8, 4) is 17.0 Å². The number of benzene rings is 1. The molecule has 2 heterocycles. The van der Waals surface area contributed by atoms with E-state index in [1.165, 1.54) is 0 Å². The second kappa shape index (κ2) is 4.69. The van der Waals surface area contributed by atoms with Crippen LogP contribution in [-0.2, 0) is 0 Å². The van der Waals surface area contributed by atoms with Gasteiger partial charge in [-0.2, -0.15) is 0 Å². The van der Waals surface area contributed by atoms with Crippen LogP contribution in [0, 0.1) is 6.92 Å². The van der Waals surface area contributed by atoms with Crippen LogP contribution in [0.3, 0.4) is 0 Å². The molecule has 2 aromatic heterocycles. The van der Waals surface area contributed by atoms with Gasteiger partial charge in [-0.15, -0.1) is 0 Å². The quantitative estimate of drug-likeness (QED) is 0.696. The van der Waals surface area contributed by atoms with Gasteiger partial charge in [0.1, 0.15) is 5.75 Å². The second-order valence-electron chi connectivity index (χ2n) is 4.48. The van der Waals surface area contributed by atoms with Crippen molar-refractivity contribution in [2.45, 2.75) is 6.92 Å². The molecule has 0 aliphatic rings. The van der Waals surface area contributed by atoms with Gasteiger partial charge in [-0.1, -0.05) is 0 Å². The van der Waals surface area contributed by atoms with Gasteiger partial charge in [0.15, 0.2) is 5.65 Å². The first-order valence-electron chi connectivity index (χ1n) is 6.14. The van der Waals surface area contributed by atoms with E-state index >= 15 is 0 Å². The van der Waals surface area contributed by atoms with Crippen LogP contribution in [0.25, 0.3) is 22.3 Å². The number of hydrogen-bond acceptors (Lipinski definition) is 3. The summed E-state index contributed by atoms with van der Waals surface area (Å²) in [4.78, 5) is 8.95. The largest absolute Gasteiger partial charge is 0.497 e. The van der Waals surface area contributed by atoms with Crippen molar-refractivity contribution < 1.29 is 4.74 Å². The van der Waals surface area contributed by atoms with Crippen molar-refractivity contribution in [1.82, 2.24) is 9.97 Å². The minimum Gasteiger partial charge on any atom is -0.497 e. The van der Waals surface area contributed by atoms with Crippen LogP contribution in [0.5, 0.6) is 5.75 Å². The molecule has 94 valence electrons. The van der Waals surface area contributed by atoms with Gasteiger partial charge in [0.05, 0.1) is 12.8 Å². The van der Waals surface area contributed by atoms with Crippen LogP contribution in [0.15, 0.2) is 48.7 Å². The lowest BCUT2D eigenvalue weighted by atomic mass is 10.1. The number of aromatic nitrogens is 2. The van der Waals surface area contributed by atoms with Gasteiger partial charge in [0.2, 0.25) is 0 Å². The van der Waals surface area contributed by atoms with E-state index in [-0.39, 0.29) is 0 Å². The van der Waals surface area contributed by atoms with Crippen molar-refractivity contribution >= 4 is 11.0 Å². The highest BCUT2D eigenvalue weighted by atomic mass is 16.5. The lowest BCUT2D eigenvalue weighted by molar-refractivity contribution is 0.415. The fraction of sp³-hybridized carbons (Fsp3) is 0.125. The highest BCUT2D eigenvalue weighted by molar-refractivity contribution is 5.78. The van der Waals surface area contributed by atoms with Gasteiger partial charge in [0, 0.05) is 17.1 Å². The highest BCUT2D eigenvalue weighted by Gasteiger charge is 2.03. The number of pyridine rings is 2. The summed E-state index contributed by atoms with van der Waals surface area (Å²) in [6.45, 7) is 2.03. The molecule has 0 unspecified atom stereocenters. The van der Waals surface area contributed by atoms with E-state index in [9.17, 15) is 0 Å². The predicted molar refractivity (Wildman–Crippen MR) is 76.3 cm³/mol. The van der Waals surface area contributed by atoms with Gasteiger partial charge in [0.25, 0.3) is 0 Å². The van der Waals surface area contributed by atoms with Gasteiger partial charge >= 0.3 is 0 Å². The summed E-state index contributed by atoms with van der Waals surface area (Å²) >= 11 is 0. The number of rotatable bonds is 2. The lowest BCUT2D eigenvalue weighted by Gasteiger charge is -2.04. The maximum absolute atomic E-state index is 5.16. The molecule has 0 N–H and O–H groups in total. The van der Waals surface area contributed by atoms with Crippen LogP contribution < -0.4 is 4.74 Å². The van der Waals surface area contributed by atoms with Gasteiger partial charge < -0.3 is 4.74 Å². The van der Waals surface area contributed by atoms with Crippen LogP contribution in [0.1, 0.15) is 5.56 Å². The van der Waals surface area contributed by atoms with Crippen molar-refractivity contribution in [2.75, 3.05) is 7.11 Å². The minimum absolute atomic E-state index is 0.777. The first kappa shape index (κ1) is 11.7. The normalized spacial score (nSPS) is 10.6. The molecule has 0 fully saturated rings. The maximum atomic E-state index is 5.16. The van der Waals surface area contributed by atoms with E-state index in [0.29, 0.717) is 0 Å². The zero-order chi connectivity index (χ0) is 13.2. The number of ether oxygens (including phenoxy) is 1. The molecule has 0 radical (unpaired) electrons. The summed E-state index contributed by atoms with van der Waals surface area (Å²) in [6, 6.07) is 14.0. The van der Waals surface area contributed by atoms with E-state index in [2.05, 4.69) is 22.1 Å². The standard InChI is InChI=1S/C16H14N2O/c1-11-9-13-5-8-15(18-16(13)17-10-11)12-3-6-14(19-2)7-4-12/h3-10H,1-2H3.